The van der Waals surface area contributed by atoms with Crippen LogP contribution in [0.4, 0.5) is 0 Å². The number of hydrogen-bond donors (Lipinski definition) is 0. The Labute approximate surface area is 148 Å². The predicted molar refractivity (Wildman–Crippen MR) is 93.1 cm³/mol. The highest BCUT2D eigenvalue weighted by Gasteiger charge is 2.49. The van der Waals surface area contributed by atoms with Gasteiger partial charge >= 0.3 is 0 Å². The summed E-state index contributed by atoms with van der Waals surface area (Å²) >= 11 is 0. The van der Waals surface area contributed by atoms with E-state index in [1.54, 1.807) is 12.1 Å². The van der Waals surface area contributed by atoms with Crippen molar-refractivity contribution in [1.29, 1.82) is 0 Å². The van der Waals surface area contributed by atoms with Crippen LogP contribution in [0.3, 0.4) is 0 Å². The number of hydrogen-bond acceptors (Lipinski definition) is 4. The van der Waals surface area contributed by atoms with E-state index in [9.17, 15) is 9.59 Å². The van der Waals surface area contributed by atoms with Gasteiger partial charge in [0.2, 0.25) is 5.91 Å². The predicted octanol–water partition coefficient (Wildman–Crippen LogP) is 1.83. The van der Waals surface area contributed by atoms with Crippen LogP contribution < -0.4 is 0 Å². The minimum atomic E-state index is -0.370. The molecule has 6 nitrogen and oxygen atoms in total. The Hall–Kier alpha value is -1.82. The number of carbonyl (C=O) groups excluding carboxylic acids is 2. The van der Waals surface area contributed by atoms with E-state index in [1.165, 1.54) is 32.2 Å². The molecule has 4 heterocycles. The van der Waals surface area contributed by atoms with Gasteiger partial charge in [0.1, 0.15) is 0 Å². The van der Waals surface area contributed by atoms with E-state index in [0.29, 0.717) is 18.8 Å². The van der Waals surface area contributed by atoms with Gasteiger partial charge in [-0.25, -0.2) is 0 Å². The monoisotopic (exact) mass is 345 g/mol. The number of rotatable bonds is 4. The molecule has 3 aliphatic rings. The smallest absolute Gasteiger partial charge is 0.289 e. The molecule has 0 unspecified atom stereocenters. The van der Waals surface area contributed by atoms with Crippen LogP contribution in [-0.2, 0) is 4.79 Å². The van der Waals surface area contributed by atoms with Crippen LogP contribution in [0, 0.1) is 5.41 Å². The van der Waals surface area contributed by atoms with Crippen molar-refractivity contribution in [1.82, 2.24) is 14.7 Å². The van der Waals surface area contributed by atoms with E-state index in [-0.39, 0.29) is 17.2 Å². The standard InChI is InChI=1S/C19H27N3O3/c23-17(16-5-3-14-25-16)22-10-4-6-19(15-22)7-11-21(18(19)24)13-12-20-8-1-2-9-20/h3,5,14H,1-2,4,6-13,15H2/t19-/m0/s1. The molecule has 3 aliphatic heterocycles. The van der Waals surface area contributed by atoms with Crippen molar-refractivity contribution in [2.45, 2.75) is 32.1 Å². The maximum absolute atomic E-state index is 13.1. The Balaban J connectivity index is 1.39. The third-order valence-corrected chi connectivity index (χ3v) is 6.08. The Morgan fingerprint density at radius 1 is 1.08 bits per heavy atom. The van der Waals surface area contributed by atoms with Crippen molar-refractivity contribution < 1.29 is 14.0 Å². The van der Waals surface area contributed by atoms with Crippen molar-refractivity contribution in [2.75, 3.05) is 45.8 Å². The number of nitrogens with zero attached hydrogens (tertiary/aromatic N) is 3. The minimum Gasteiger partial charge on any atom is -0.459 e. The van der Waals surface area contributed by atoms with E-state index >= 15 is 0 Å². The molecule has 136 valence electrons. The van der Waals surface area contributed by atoms with Crippen molar-refractivity contribution in [2.24, 2.45) is 5.41 Å². The highest BCUT2D eigenvalue weighted by molar-refractivity contribution is 5.93. The second-order valence-corrected chi connectivity index (χ2v) is 7.68. The summed E-state index contributed by atoms with van der Waals surface area (Å²) in [6.45, 7) is 6.21. The number of likely N-dealkylation sites (tertiary alicyclic amines) is 3. The van der Waals surface area contributed by atoms with Crippen LogP contribution in [0.2, 0.25) is 0 Å². The summed E-state index contributed by atoms with van der Waals surface area (Å²) in [6.07, 6.45) is 6.73. The molecule has 6 heteroatoms. The number of amides is 2. The first-order valence-corrected chi connectivity index (χ1v) is 9.52. The molecule has 4 rings (SSSR count). The molecule has 3 fully saturated rings. The van der Waals surface area contributed by atoms with Crippen molar-refractivity contribution in [3.8, 4) is 0 Å². The van der Waals surface area contributed by atoms with Gasteiger partial charge in [-0.15, -0.1) is 0 Å². The molecular weight excluding hydrogens is 318 g/mol. The number of piperidine rings is 1. The Morgan fingerprint density at radius 3 is 2.68 bits per heavy atom. The van der Waals surface area contributed by atoms with E-state index in [2.05, 4.69) is 4.90 Å². The molecule has 1 spiro atoms. The zero-order valence-electron chi connectivity index (χ0n) is 14.8. The molecule has 0 radical (unpaired) electrons. The normalized spacial score (nSPS) is 27.6. The molecule has 25 heavy (non-hydrogen) atoms. The summed E-state index contributed by atoms with van der Waals surface area (Å²) in [5.41, 5.74) is -0.370. The van der Waals surface area contributed by atoms with E-state index < -0.39 is 0 Å². The molecule has 0 saturated carbocycles. The molecule has 1 aromatic heterocycles. The van der Waals surface area contributed by atoms with Gasteiger partial charge in [0.05, 0.1) is 11.7 Å². The fourth-order valence-corrected chi connectivity index (χ4v) is 4.61. The van der Waals surface area contributed by atoms with Crippen LogP contribution in [-0.4, -0.2) is 72.3 Å². The van der Waals surface area contributed by atoms with Crippen LogP contribution in [0.1, 0.15) is 42.7 Å². The second-order valence-electron chi connectivity index (χ2n) is 7.68. The van der Waals surface area contributed by atoms with Crippen LogP contribution in [0.5, 0.6) is 0 Å². The van der Waals surface area contributed by atoms with Crippen LogP contribution >= 0.6 is 0 Å². The molecule has 0 aromatic carbocycles. The molecular formula is C19H27N3O3. The van der Waals surface area contributed by atoms with Gasteiger partial charge in [0, 0.05) is 32.7 Å². The second kappa shape index (κ2) is 6.83. The first kappa shape index (κ1) is 16.6. The minimum absolute atomic E-state index is 0.0904. The molecule has 3 saturated heterocycles. The maximum atomic E-state index is 13.1. The average molecular weight is 345 g/mol. The Kier molecular flexibility index (Phi) is 4.54. The van der Waals surface area contributed by atoms with Gasteiger partial charge in [-0.1, -0.05) is 0 Å². The maximum Gasteiger partial charge on any atom is 0.289 e. The van der Waals surface area contributed by atoms with Gasteiger partial charge in [0.25, 0.3) is 5.91 Å². The summed E-state index contributed by atoms with van der Waals surface area (Å²) < 4.78 is 5.25. The largest absolute Gasteiger partial charge is 0.459 e. The quantitative estimate of drug-likeness (QED) is 0.835. The lowest BCUT2D eigenvalue weighted by molar-refractivity contribution is -0.138. The molecule has 0 N–H and O–H groups in total. The summed E-state index contributed by atoms with van der Waals surface area (Å²) in [4.78, 5) is 32.0. The summed E-state index contributed by atoms with van der Waals surface area (Å²) in [5, 5.41) is 0. The van der Waals surface area contributed by atoms with Crippen molar-refractivity contribution in [3.05, 3.63) is 24.2 Å². The first-order chi connectivity index (χ1) is 12.2. The van der Waals surface area contributed by atoms with Gasteiger partial charge < -0.3 is 19.1 Å². The van der Waals surface area contributed by atoms with E-state index in [0.717, 1.165) is 38.9 Å². The van der Waals surface area contributed by atoms with Gasteiger partial charge in [0.15, 0.2) is 5.76 Å². The highest BCUT2D eigenvalue weighted by Crippen LogP contribution is 2.40. The molecule has 2 amide bonds. The highest BCUT2D eigenvalue weighted by atomic mass is 16.3. The van der Waals surface area contributed by atoms with E-state index in [4.69, 9.17) is 4.42 Å². The topological polar surface area (TPSA) is 57.0 Å². The molecule has 1 atom stereocenters. The van der Waals surface area contributed by atoms with Crippen LogP contribution in [0.15, 0.2) is 22.8 Å². The van der Waals surface area contributed by atoms with Gasteiger partial charge in [-0.2, -0.15) is 0 Å². The first-order valence-electron chi connectivity index (χ1n) is 9.52. The Bertz CT molecular complexity index is 624. The summed E-state index contributed by atoms with van der Waals surface area (Å²) in [7, 11) is 0. The van der Waals surface area contributed by atoms with Crippen LogP contribution in [0.25, 0.3) is 0 Å². The average Bonchev–Trinajstić information content (AvgIpc) is 3.38. The zero-order chi connectivity index (χ0) is 17.3. The molecule has 0 aliphatic carbocycles. The summed E-state index contributed by atoms with van der Waals surface area (Å²) in [5.74, 6) is 0.532. The van der Waals surface area contributed by atoms with Gasteiger partial charge in [-0.05, 0) is 57.3 Å². The van der Waals surface area contributed by atoms with E-state index in [1.807, 2.05) is 9.80 Å². The lowest BCUT2D eigenvalue weighted by atomic mass is 9.78. The lowest BCUT2D eigenvalue weighted by Crippen LogP contribution is -2.50. The van der Waals surface area contributed by atoms with Crippen molar-refractivity contribution >= 4 is 11.8 Å². The summed E-state index contributed by atoms with van der Waals surface area (Å²) in [6, 6.07) is 3.43. The number of furan rings is 1. The third kappa shape index (κ3) is 3.19. The van der Waals surface area contributed by atoms with Crippen molar-refractivity contribution in [3.63, 3.8) is 0 Å². The fraction of sp³-hybridized carbons (Fsp3) is 0.684. The molecule has 1 aromatic rings. The Morgan fingerprint density at radius 2 is 1.92 bits per heavy atom. The SMILES string of the molecule is O=C(c1ccco1)N1CCC[C@]2(CCN(CCN3CCCC3)C2=O)C1. The third-order valence-electron chi connectivity index (χ3n) is 6.08. The lowest BCUT2D eigenvalue weighted by Gasteiger charge is -2.38. The molecule has 0 bridgehead atoms. The van der Waals surface area contributed by atoms with Gasteiger partial charge in [-0.3, -0.25) is 9.59 Å². The fourth-order valence-electron chi connectivity index (χ4n) is 4.61. The zero-order valence-corrected chi connectivity index (χ0v) is 14.8. The number of carbonyl (C=O) groups is 2.